The minimum atomic E-state index is -1.18. The van der Waals surface area contributed by atoms with Crippen LogP contribution >= 0.6 is 0 Å². The first-order valence-electron chi connectivity index (χ1n) is 8.75. The van der Waals surface area contributed by atoms with Gasteiger partial charge in [0.1, 0.15) is 22.9 Å². The number of nitrogens with one attached hydrogen (secondary N) is 1. The molecule has 142 valence electrons. The van der Waals surface area contributed by atoms with E-state index in [1.165, 1.54) is 48.5 Å². The number of rotatable bonds is 7. The average Bonchev–Trinajstić information content (AvgIpc) is 2.92. The van der Waals surface area contributed by atoms with Gasteiger partial charge < -0.3 is 10.1 Å². The van der Waals surface area contributed by atoms with Crippen molar-refractivity contribution in [2.45, 2.75) is 25.3 Å². The van der Waals surface area contributed by atoms with Crippen LogP contribution in [0.15, 0.2) is 48.5 Å². The van der Waals surface area contributed by atoms with E-state index >= 15 is 0 Å². The van der Waals surface area contributed by atoms with Crippen LogP contribution in [-0.2, 0) is 10.3 Å². The molecule has 3 rings (SSSR count). The van der Waals surface area contributed by atoms with E-state index in [0.717, 1.165) is 4.90 Å². The third-order valence-corrected chi connectivity index (χ3v) is 4.65. The minimum Gasteiger partial charge on any atom is -0.494 e. The molecule has 0 aromatic heterocycles. The Hall–Kier alpha value is -2.96. The largest absolute Gasteiger partial charge is 0.494 e. The first-order valence-corrected chi connectivity index (χ1v) is 8.75. The van der Waals surface area contributed by atoms with Crippen LogP contribution in [0.4, 0.5) is 13.6 Å². The van der Waals surface area contributed by atoms with Gasteiger partial charge in [0.05, 0.1) is 6.61 Å². The van der Waals surface area contributed by atoms with Crippen molar-refractivity contribution in [3.05, 3.63) is 65.7 Å². The maximum atomic E-state index is 13.2. The van der Waals surface area contributed by atoms with Crippen LogP contribution in [0.5, 0.6) is 5.75 Å². The summed E-state index contributed by atoms with van der Waals surface area (Å²) in [5.74, 6) is -0.596. The number of carbonyl (C=O) groups is 2. The summed E-state index contributed by atoms with van der Waals surface area (Å²) in [5.41, 5.74) is -0.627. The van der Waals surface area contributed by atoms with Crippen LogP contribution in [-0.4, -0.2) is 30.0 Å². The molecule has 2 aromatic rings. The molecule has 1 aliphatic rings. The number of ether oxygens (including phenoxy) is 1. The number of amides is 3. The van der Waals surface area contributed by atoms with Crippen molar-refractivity contribution in [3.63, 3.8) is 0 Å². The van der Waals surface area contributed by atoms with Crippen molar-refractivity contribution in [2.75, 3.05) is 13.2 Å². The predicted octanol–water partition coefficient (Wildman–Crippen LogP) is 3.59. The zero-order valence-electron chi connectivity index (χ0n) is 14.9. The SMILES string of the molecule is CCC1(c2ccc(F)cc2)NC(=O)N(CCCOc2ccc(F)cc2)C1=O. The van der Waals surface area contributed by atoms with Crippen molar-refractivity contribution in [2.24, 2.45) is 0 Å². The van der Waals surface area contributed by atoms with Crippen LogP contribution in [0.1, 0.15) is 25.3 Å². The van der Waals surface area contributed by atoms with E-state index in [1.54, 1.807) is 6.92 Å². The van der Waals surface area contributed by atoms with Crippen molar-refractivity contribution in [1.29, 1.82) is 0 Å². The summed E-state index contributed by atoms with van der Waals surface area (Å²) in [6.07, 6.45) is 0.783. The fraction of sp³-hybridized carbons (Fsp3) is 0.300. The molecule has 5 nitrogen and oxygen atoms in total. The number of carbonyl (C=O) groups excluding carboxylic acids is 2. The molecule has 0 radical (unpaired) electrons. The van der Waals surface area contributed by atoms with Gasteiger partial charge in [0.2, 0.25) is 0 Å². The normalized spacial score (nSPS) is 19.3. The Morgan fingerprint density at radius 1 is 1.00 bits per heavy atom. The molecule has 7 heteroatoms. The van der Waals surface area contributed by atoms with E-state index in [0.29, 0.717) is 24.2 Å². The van der Waals surface area contributed by atoms with Crippen LogP contribution in [0, 0.1) is 11.6 Å². The van der Waals surface area contributed by atoms with Gasteiger partial charge in [0.15, 0.2) is 0 Å². The van der Waals surface area contributed by atoms with Crippen molar-refractivity contribution < 1.29 is 23.1 Å². The van der Waals surface area contributed by atoms with E-state index in [2.05, 4.69) is 5.32 Å². The molecule has 27 heavy (non-hydrogen) atoms. The first kappa shape index (κ1) is 18.8. The zero-order valence-corrected chi connectivity index (χ0v) is 14.9. The summed E-state index contributed by atoms with van der Waals surface area (Å²) in [6, 6.07) is 10.7. The maximum absolute atomic E-state index is 13.2. The summed E-state index contributed by atoms with van der Waals surface area (Å²) < 4.78 is 31.6. The Balaban J connectivity index is 1.63. The van der Waals surface area contributed by atoms with Gasteiger partial charge in [-0.15, -0.1) is 0 Å². The second-order valence-corrected chi connectivity index (χ2v) is 6.31. The predicted molar refractivity (Wildman–Crippen MR) is 95.1 cm³/mol. The smallest absolute Gasteiger partial charge is 0.325 e. The third-order valence-electron chi connectivity index (χ3n) is 4.65. The molecule has 1 heterocycles. The lowest BCUT2D eigenvalue weighted by atomic mass is 9.87. The fourth-order valence-corrected chi connectivity index (χ4v) is 3.15. The molecule has 1 atom stereocenters. The van der Waals surface area contributed by atoms with E-state index < -0.39 is 17.4 Å². The number of urea groups is 1. The van der Waals surface area contributed by atoms with E-state index in [1.807, 2.05) is 0 Å². The summed E-state index contributed by atoms with van der Waals surface area (Å²) in [7, 11) is 0. The van der Waals surface area contributed by atoms with Crippen LogP contribution in [0.3, 0.4) is 0 Å². The molecule has 1 N–H and O–H groups in total. The lowest BCUT2D eigenvalue weighted by Crippen LogP contribution is -2.43. The summed E-state index contributed by atoms with van der Waals surface area (Å²) >= 11 is 0. The second kappa shape index (κ2) is 7.73. The van der Waals surface area contributed by atoms with Crippen LogP contribution in [0.25, 0.3) is 0 Å². The summed E-state index contributed by atoms with van der Waals surface area (Å²) in [6.45, 7) is 2.26. The lowest BCUT2D eigenvalue weighted by molar-refractivity contribution is -0.131. The fourth-order valence-electron chi connectivity index (χ4n) is 3.15. The standard InChI is InChI=1S/C20H20F2N2O3/c1-2-20(14-4-6-15(21)7-5-14)18(25)24(19(26)23-20)12-3-13-27-17-10-8-16(22)9-11-17/h4-11H,2-3,12-13H2,1H3,(H,23,26). The summed E-state index contributed by atoms with van der Waals surface area (Å²) in [4.78, 5) is 26.4. The Bertz CT molecular complexity index is 824. The van der Waals surface area contributed by atoms with Gasteiger partial charge in [-0.2, -0.15) is 0 Å². The lowest BCUT2D eigenvalue weighted by Gasteiger charge is -2.25. The zero-order chi connectivity index (χ0) is 19.4. The first-order chi connectivity index (χ1) is 13.0. The van der Waals surface area contributed by atoms with Gasteiger partial charge in [-0.1, -0.05) is 19.1 Å². The van der Waals surface area contributed by atoms with Crippen LogP contribution < -0.4 is 10.1 Å². The molecule has 1 unspecified atom stereocenters. The Kier molecular flexibility index (Phi) is 5.39. The molecule has 0 bridgehead atoms. The number of imide groups is 1. The minimum absolute atomic E-state index is 0.189. The maximum Gasteiger partial charge on any atom is 0.325 e. The van der Waals surface area contributed by atoms with Gasteiger partial charge in [0, 0.05) is 6.54 Å². The van der Waals surface area contributed by atoms with E-state index in [9.17, 15) is 18.4 Å². The Morgan fingerprint density at radius 3 is 2.19 bits per heavy atom. The molecular formula is C20H20F2N2O3. The quantitative estimate of drug-likeness (QED) is 0.595. The highest BCUT2D eigenvalue weighted by atomic mass is 19.1. The molecule has 0 aliphatic carbocycles. The van der Waals surface area contributed by atoms with Gasteiger partial charge >= 0.3 is 6.03 Å². The average molecular weight is 374 g/mol. The molecule has 2 aromatic carbocycles. The monoisotopic (exact) mass is 374 g/mol. The third kappa shape index (κ3) is 3.77. The highest BCUT2D eigenvalue weighted by Gasteiger charge is 2.50. The topological polar surface area (TPSA) is 58.6 Å². The van der Waals surface area contributed by atoms with Gasteiger partial charge in [-0.05, 0) is 54.8 Å². The van der Waals surface area contributed by atoms with Gasteiger partial charge in [0.25, 0.3) is 5.91 Å². The molecule has 0 saturated carbocycles. The molecular weight excluding hydrogens is 354 g/mol. The van der Waals surface area contributed by atoms with Crippen LogP contribution in [0.2, 0.25) is 0 Å². The number of halogens is 2. The number of hydrogen-bond acceptors (Lipinski definition) is 3. The molecule has 0 spiro atoms. The summed E-state index contributed by atoms with van der Waals surface area (Å²) in [5, 5.41) is 2.75. The van der Waals surface area contributed by atoms with Gasteiger partial charge in [-0.3, -0.25) is 9.69 Å². The Labute approximate surface area is 155 Å². The molecule has 1 aliphatic heterocycles. The number of benzene rings is 2. The van der Waals surface area contributed by atoms with Crippen molar-refractivity contribution in [1.82, 2.24) is 10.2 Å². The number of hydrogen-bond donors (Lipinski definition) is 1. The van der Waals surface area contributed by atoms with E-state index in [-0.39, 0.29) is 24.9 Å². The molecule has 3 amide bonds. The van der Waals surface area contributed by atoms with Crippen molar-refractivity contribution in [3.8, 4) is 5.75 Å². The van der Waals surface area contributed by atoms with Crippen molar-refractivity contribution >= 4 is 11.9 Å². The molecule has 1 fully saturated rings. The second-order valence-electron chi connectivity index (χ2n) is 6.31. The highest BCUT2D eigenvalue weighted by Crippen LogP contribution is 2.32. The molecule has 1 saturated heterocycles. The van der Waals surface area contributed by atoms with Gasteiger partial charge in [-0.25, -0.2) is 13.6 Å². The Morgan fingerprint density at radius 2 is 1.59 bits per heavy atom. The highest BCUT2D eigenvalue weighted by molar-refractivity contribution is 6.07. The number of nitrogens with zero attached hydrogens (tertiary/aromatic N) is 1. The van der Waals surface area contributed by atoms with E-state index in [4.69, 9.17) is 4.74 Å².